The minimum atomic E-state index is -3.57. The summed E-state index contributed by atoms with van der Waals surface area (Å²) in [5, 5.41) is 14.1. The third kappa shape index (κ3) is 5.40. The Balaban J connectivity index is 2.14. The van der Waals surface area contributed by atoms with E-state index in [0.29, 0.717) is 17.5 Å². The van der Waals surface area contributed by atoms with Crippen molar-refractivity contribution in [3.8, 4) is 0 Å². The predicted octanol–water partition coefficient (Wildman–Crippen LogP) is 2.78. The van der Waals surface area contributed by atoms with Gasteiger partial charge < -0.3 is 10.2 Å². The Bertz CT molecular complexity index is 725. The molecule has 140 valence electrons. The molecule has 25 heavy (non-hydrogen) atoms. The van der Waals surface area contributed by atoms with Crippen molar-refractivity contribution < 1.29 is 13.3 Å². The zero-order chi connectivity index (χ0) is 18.8. The highest BCUT2D eigenvalue weighted by Gasteiger charge is 2.24. The van der Waals surface area contributed by atoms with Gasteiger partial charge in [-0.05, 0) is 31.2 Å². The second-order valence-electron chi connectivity index (χ2n) is 7.42. The van der Waals surface area contributed by atoms with Crippen LogP contribution in [0.1, 0.15) is 27.2 Å². The number of nitrogens with zero attached hydrogens (tertiary/aromatic N) is 2. The molecule has 0 saturated carbocycles. The number of non-ortho nitro benzene ring substituents is 1. The molecule has 3 unspecified atom stereocenters. The number of hydrogen-bond acceptors (Lipinski definition) is 6. The average Bonchev–Trinajstić information content (AvgIpc) is 2.44. The minimum absolute atomic E-state index is 0.0273. The maximum atomic E-state index is 12.0. The molecule has 2 rings (SSSR count). The molecule has 1 aromatic rings. The van der Waals surface area contributed by atoms with E-state index in [0.717, 1.165) is 32.0 Å². The SMILES string of the molecule is CC1CC(C)CN(CC(C)Nc2ccc([N+](=O)[O-])cc2S(C)(=O)=O)C1. The van der Waals surface area contributed by atoms with E-state index >= 15 is 0 Å². The first-order valence-electron chi connectivity index (χ1n) is 8.53. The van der Waals surface area contributed by atoms with Crippen LogP contribution in [0.25, 0.3) is 0 Å². The summed E-state index contributed by atoms with van der Waals surface area (Å²) >= 11 is 0. The van der Waals surface area contributed by atoms with Crippen molar-refractivity contribution >= 4 is 21.2 Å². The molecule has 0 radical (unpaired) electrons. The van der Waals surface area contributed by atoms with E-state index in [-0.39, 0.29) is 16.6 Å². The summed E-state index contributed by atoms with van der Waals surface area (Å²) in [5.74, 6) is 1.31. The highest BCUT2D eigenvalue weighted by atomic mass is 32.2. The van der Waals surface area contributed by atoms with Gasteiger partial charge in [0.25, 0.3) is 5.69 Å². The maximum absolute atomic E-state index is 12.0. The standard InChI is InChI=1S/C17H27N3O4S/c1-12-7-13(2)10-19(9-12)11-14(3)18-16-6-5-15(20(21)22)8-17(16)25(4,23)24/h5-6,8,12-14,18H,7,9-11H2,1-4H3. The average molecular weight is 369 g/mol. The van der Waals surface area contributed by atoms with Crippen LogP contribution in [0, 0.1) is 22.0 Å². The molecule has 0 amide bonds. The lowest BCUT2D eigenvalue weighted by molar-refractivity contribution is -0.385. The number of benzene rings is 1. The van der Waals surface area contributed by atoms with Gasteiger partial charge in [0.1, 0.15) is 0 Å². The van der Waals surface area contributed by atoms with Crippen LogP contribution in [0.15, 0.2) is 23.1 Å². The van der Waals surface area contributed by atoms with E-state index in [1.165, 1.54) is 18.6 Å². The molecular weight excluding hydrogens is 342 g/mol. The first-order chi connectivity index (χ1) is 11.6. The van der Waals surface area contributed by atoms with E-state index in [1.54, 1.807) is 0 Å². The molecule has 3 atom stereocenters. The molecule has 0 spiro atoms. The van der Waals surface area contributed by atoms with Gasteiger partial charge in [-0.15, -0.1) is 0 Å². The Morgan fingerprint density at radius 1 is 1.32 bits per heavy atom. The van der Waals surface area contributed by atoms with Gasteiger partial charge in [-0.1, -0.05) is 13.8 Å². The summed E-state index contributed by atoms with van der Waals surface area (Å²) in [4.78, 5) is 12.7. The van der Waals surface area contributed by atoms with Gasteiger partial charge in [-0.25, -0.2) is 8.42 Å². The quantitative estimate of drug-likeness (QED) is 0.612. The lowest BCUT2D eigenvalue weighted by atomic mass is 9.92. The molecule has 1 fully saturated rings. The highest BCUT2D eigenvalue weighted by molar-refractivity contribution is 7.90. The first kappa shape index (κ1) is 19.7. The molecule has 7 nitrogen and oxygen atoms in total. The molecule has 1 N–H and O–H groups in total. The predicted molar refractivity (Wildman–Crippen MR) is 98.7 cm³/mol. The molecule has 1 heterocycles. The van der Waals surface area contributed by atoms with Crippen LogP contribution in [-0.2, 0) is 9.84 Å². The van der Waals surface area contributed by atoms with Gasteiger partial charge in [-0.2, -0.15) is 0 Å². The van der Waals surface area contributed by atoms with Crippen molar-refractivity contribution in [1.82, 2.24) is 4.90 Å². The molecule has 0 aliphatic carbocycles. The zero-order valence-electron chi connectivity index (χ0n) is 15.2. The maximum Gasteiger partial charge on any atom is 0.270 e. The van der Waals surface area contributed by atoms with Crippen LogP contribution in [-0.4, -0.2) is 50.2 Å². The van der Waals surface area contributed by atoms with Crippen LogP contribution in [0.3, 0.4) is 0 Å². The number of piperidine rings is 1. The fourth-order valence-corrected chi connectivity index (χ4v) is 4.55. The zero-order valence-corrected chi connectivity index (χ0v) is 16.0. The normalized spacial score (nSPS) is 23.2. The van der Waals surface area contributed by atoms with Crippen LogP contribution >= 0.6 is 0 Å². The lowest BCUT2D eigenvalue weighted by Gasteiger charge is -2.36. The van der Waals surface area contributed by atoms with Crippen molar-refractivity contribution in [1.29, 1.82) is 0 Å². The third-order valence-corrected chi connectivity index (χ3v) is 5.59. The van der Waals surface area contributed by atoms with Gasteiger partial charge in [0, 0.05) is 44.1 Å². The highest BCUT2D eigenvalue weighted by Crippen LogP contribution is 2.27. The summed E-state index contributed by atoms with van der Waals surface area (Å²) in [5.41, 5.74) is 0.191. The number of sulfone groups is 1. The number of anilines is 1. The van der Waals surface area contributed by atoms with Crippen molar-refractivity contribution in [3.63, 3.8) is 0 Å². The molecule has 1 saturated heterocycles. The Morgan fingerprint density at radius 3 is 2.44 bits per heavy atom. The number of likely N-dealkylation sites (tertiary alicyclic amines) is 1. The fraction of sp³-hybridized carbons (Fsp3) is 0.647. The fourth-order valence-electron chi connectivity index (χ4n) is 3.69. The number of nitro groups is 1. The summed E-state index contributed by atoms with van der Waals surface area (Å²) in [7, 11) is -3.57. The molecular formula is C17H27N3O4S. The summed E-state index contributed by atoms with van der Waals surface area (Å²) in [6.45, 7) is 9.37. The Labute approximate surface area is 149 Å². The van der Waals surface area contributed by atoms with Crippen molar-refractivity contribution in [2.24, 2.45) is 11.8 Å². The van der Waals surface area contributed by atoms with Gasteiger partial charge in [0.2, 0.25) is 0 Å². The largest absolute Gasteiger partial charge is 0.380 e. The number of nitro benzene ring substituents is 1. The second kappa shape index (κ2) is 7.70. The molecule has 8 heteroatoms. The van der Waals surface area contributed by atoms with Crippen LogP contribution in [0.2, 0.25) is 0 Å². The van der Waals surface area contributed by atoms with Crippen LogP contribution in [0.4, 0.5) is 11.4 Å². The monoisotopic (exact) mass is 369 g/mol. The van der Waals surface area contributed by atoms with Crippen LogP contribution < -0.4 is 5.32 Å². The van der Waals surface area contributed by atoms with Gasteiger partial charge >= 0.3 is 0 Å². The second-order valence-corrected chi connectivity index (χ2v) is 9.40. The van der Waals surface area contributed by atoms with Gasteiger partial charge in [0.15, 0.2) is 9.84 Å². The van der Waals surface area contributed by atoms with Crippen LogP contribution in [0.5, 0.6) is 0 Å². The molecule has 1 aliphatic rings. The summed E-state index contributed by atoms with van der Waals surface area (Å²) < 4.78 is 24.0. The lowest BCUT2D eigenvalue weighted by Crippen LogP contribution is -2.43. The molecule has 0 bridgehead atoms. The third-order valence-electron chi connectivity index (χ3n) is 4.45. The Kier molecular flexibility index (Phi) is 6.05. The van der Waals surface area contributed by atoms with Gasteiger partial charge in [0.05, 0.1) is 15.5 Å². The number of rotatable bonds is 6. The summed E-state index contributed by atoms with van der Waals surface area (Å²) in [6.07, 6.45) is 2.30. The van der Waals surface area contributed by atoms with E-state index in [1.807, 2.05) is 6.92 Å². The summed E-state index contributed by atoms with van der Waals surface area (Å²) in [6, 6.07) is 3.95. The smallest absolute Gasteiger partial charge is 0.270 e. The van der Waals surface area contributed by atoms with Crippen molar-refractivity contribution in [3.05, 3.63) is 28.3 Å². The van der Waals surface area contributed by atoms with Gasteiger partial charge in [-0.3, -0.25) is 10.1 Å². The molecule has 0 aromatic heterocycles. The van der Waals surface area contributed by atoms with Crippen molar-refractivity contribution in [2.75, 3.05) is 31.2 Å². The molecule has 1 aromatic carbocycles. The van der Waals surface area contributed by atoms with E-state index in [2.05, 4.69) is 24.1 Å². The number of nitrogens with one attached hydrogen (secondary N) is 1. The van der Waals surface area contributed by atoms with Crippen molar-refractivity contribution in [2.45, 2.75) is 38.1 Å². The van der Waals surface area contributed by atoms with E-state index in [4.69, 9.17) is 0 Å². The molecule has 1 aliphatic heterocycles. The Morgan fingerprint density at radius 2 is 1.92 bits per heavy atom. The minimum Gasteiger partial charge on any atom is -0.380 e. The first-order valence-corrected chi connectivity index (χ1v) is 10.4. The Hall–Kier alpha value is -1.67. The number of hydrogen-bond donors (Lipinski definition) is 1. The van der Waals surface area contributed by atoms with E-state index < -0.39 is 14.8 Å². The topological polar surface area (TPSA) is 92.5 Å². The van der Waals surface area contributed by atoms with E-state index in [9.17, 15) is 18.5 Å².